The van der Waals surface area contributed by atoms with Crippen molar-refractivity contribution in [3.8, 4) is 0 Å². The van der Waals surface area contributed by atoms with Crippen LogP contribution in [0.5, 0.6) is 0 Å². The smallest absolute Gasteiger partial charge is 0.166 e. The average molecular weight is 194 g/mol. The molecule has 1 saturated heterocycles. The van der Waals surface area contributed by atoms with Crippen molar-refractivity contribution in [1.82, 2.24) is 4.98 Å². The Labute approximate surface area is 82.5 Å². The largest absolute Gasteiger partial charge is 0.391 e. The Kier molecular flexibility index (Phi) is 2.54. The van der Waals surface area contributed by atoms with E-state index in [1.54, 1.807) is 0 Å². The van der Waals surface area contributed by atoms with E-state index in [9.17, 15) is 9.90 Å². The van der Waals surface area contributed by atoms with E-state index in [1.807, 2.05) is 12.3 Å². The number of aldehydes is 1. The van der Waals surface area contributed by atoms with Gasteiger partial charge in [0.25, 0.3) is 0 Å². The standard InChI is InChI=1S/C10H14N2O2/c13-7-8-4-9(5-11-8)12-3-1-2-10(14)6-12/h4-5,7,10-11,14H,1-3,6H2. The normalized spacial score (nSPS) is 22.4. The van der Waals surface area contributed by atoms with E-state index < -0.39 is 0 Å². The number of aliphatic hydroxyl groups excluding tert-OH is 1. The third-order valence-corrected chi connectivity index (χ3v) is 2.58. The quantitative estimate of drug-likeness (QED) is 0.684. The van der Waals surface area contributed by atoms with Crippen LogP contribution in [-0.2, 0) is 0 Å². The van der Waals surface area contributed by atoms with Gasteiger partial charge in [0.1, 0.15) is 0 Å². The van der Waals surface area contributed by atoms with Gasteiger partial charge < -0.3 is 15.0 Å². The molecule has 1 fully saturated rings. The van der Waals surface area contributed by atoms with Crippen molar-refractivity contribution in [3.05, 3.63) is 18.0 Å². The second kappa shape index (κ2) is 3.84. The highest BCUT2D eigenvalue weighted by Gasteiger charge is 2.18. The highest BCUT2D eigenvalue weighted by Crippen LogP contribution is 2.20. The highest BCUT2D eigenvalue weighted by molar-refractivity contribution is 5.74. The van der Waals surface area contributed by atoms with E-state index in [0.29, 0.717) is 12.2 Å². The van der Waals surface area contributed by atoms with Gasteiger partial charge in [-0.3, -0.25) is 4.79 Å². The number of anilines is 1. The summed E-state index contributed by atoms with van der Waals surface area (Å²) in [6, 6.07) is 1.81. The molecule has 0 saturated carbocycles. The molecule has 0 aromatic carbocycles. The first-order valence-electron chi connectivity index (χ1n) is 4.86. The number of hydrogen-bond acceptors (Lipinski definition) is 3. The van der Waals surface area contributed by atoms with Gasteiger partial charge in [-0.15, -0.1) is 0 Å². The molecule has 1 unspecified atom stereocenters. The molecular weight excluding hydrogens is 180 g/mol. The van der Waals surface area contributed by atoms with Crippen molar-refractivity contribution in [2.75, 3.05) is 18.0 Å². The SMILES string of the molecule is O=Cc1cc(N2CCCC(O)C2)c[nH]1. The van der Waals surface area contributed by atoms with Gasteiger partial charge in [-0.05, 0) is 18.9 Å². The van der Waals surface area contributed by atoms with Crippen LogP contribution in [0.1, 0.15) is 23.3 Å². The summed E-state index contributed by atoms with van der Waals surface area (Å²) in [6.07, 6.45) is 4.24. The van der Waals surface area contributed by atoms with E-state index in [-0.39, 0.29) is 6.10 Å². The molecule has 0 bridgehead atoms. The van der Waals surface area contributed by atoms with Crippen LogP contribution in [0, 0.1) is 0 Å². The Balaban J connectivity index is 2.09. The molecule has 2 heterocycles. The van der Waals surface area contributed by atoms with Crippen LogP contribution in [-0.4, -0.2) is 35.6 Å². The Hall–Kier alpha value is -1.29. The molecule has 2 N–H and O–H groups in total. The molecule has 4 nitrogen and oxygen atoms in total. The first kappa shape index (κ1) is 9.27. The third-order valence-electron chi connectivity index (χ3n) is 2.58. The number of β-amino-alcohol motifs (C(OH)–C–C–N with tert-alkyl or cyclic N) is 1. The molecule has 76 valence electrons. The second-order valence-electron chi connectivity index (χ2n) is 3.67. The van der Waals surface area contributed by atoms with Crippen molar-refractivity contribution in [3.63, 3.8) is 0 Å². The lowest BCUT2D eigenvalue weighted by Crippen LogP contribution is -2.37. The molecule has 1 aromatic heterocycles. The number of piperidine rings is 1. The number of carbonyl (C=O) groups is 1. The van der Waals surface area contributed by atoms with Crippen LogP contribution in [0.2, 0.25) is 0 Å². The van der Waals surface area contributed by atoms with Crippen molar-refractivity contribution < 1.29 is 9.90 Å². The lowest BCUT2D eigenvalue weighted by Gasteiger charge is -2.30. The molecular formula is C10H14N2O2. The van der Waals surface area contributed by atoms with Crippen LogP contribution in [0.4, 0.5) is 5.69 Å². The van der Waals surface area contributed by atoms with Crippen LogP contribution in [0.3, 0.4) is 0 Å². The summed E-state index contributed by atoms with van der Waals surface area (Å²) in [5.41, 5.74) is 1.57. The molecule has 1 atom stereocenters. The van der Waals surface area contributed by atoms with Gasteiger partial charge in [0.2, 0.25) is 0 Å². The summed E-state index contributed by atoms with van der Waals surface area (Å²) in [6.45, 7) is 1.61. The monoisotopic (exact) mass is 194 g/mol. The van der Waals surface area contributed by atoms with Gasteiger partial charge in [0, 0.05) is 19.3 Å². The molecule has 0 radical (unpaired) electrons. The van der Waals surface area contributed by atoms with E-state index in [0.717, 1.165) is 31.4 Å². The molecule has 0 spiro atoms. The zero-order chi connectivity index (χ0) is 9.97. The molecule has 0 amide bonds. The first-order chi connectivity index (χ1) is 6.79. The van der Waals surface area contributed by atoms with Crippen molar-refractivity contribution in [1.29, 1.82) is 0 Å². The minimum atomic E-state index is -0.238. The van der Waals surface area contributed by atoms with Gasteiger partial charge in [-0.25, -0.2) is 0 Å². The molecule has 0 aliphatic carbocycles. The molecule has 4 heteroatoms. The maximum Gasteiger partial charge on any atom is 0.166 e. The summed E-state index contributed by atoms with van der Waals surface area (Å²) in [7, 11) is 0. The van der Waals surface area contributed by atoms with E-state index in [4.69, 9.17) is 0 Å². The number of carbonyl (C=O) groups excluding carboxylic acids is 1. The minimum Gasteiger partial charge on any atom is -0.391 e. The van der Waals surface area contributed by atoms with Crippen molar-refractivity contribution >= 4 is 12.0 Å². The van der Waals surface area contributed by atoms with Crippen molar-refractivity contribution in [2.45, 2.75) is 18.9 Å². The Morgan fingerprint density at radius 3 is 3.14 bits per heavy atom. The van der Waals surface area contributed by atoms with Crippen LogP contribution in [0.15, 0.2) is 12.3 Å². The fourth-order valence-electron chi connectivity index (χ4n) is 1.84. The Bertz CT molecular complexity index is 322. The number of aromatic amines is 1. The predicted molar refractivity (Wildman–Crippen MR) is 53.6 cm³/mol. The number of hydrogen-bond donors (Lipinski definition) is 2. The number of nitrogens with zero attached hydrogens (tertiary/aromatic N) is 1. The van der Waals surface area contributed by atoms with Crippen molar-refractivity contribution in [2.24, 2.45) is 0 Å². The second-order valence-corrected chi connectivity index (χ2v) is 3.67. The Morgan fingerprint density at radius 1 is 1.64 bits per heavy atom. The third kappa shape index (κ3) is 1.80. The lowest BCUT2D eigenvalue weighted by molar-refractivity contribution is 0.111. The molecule has 14 heavy (non-hydrogen) atoms. The number of aliphatic hydroxyl groups is 1. The molecule has 2 rings (SSSR count). The van der Waals surface area contributed by atoms with Gasteiger partial charge in [0.05, 0.1) is 17.5 Å². The predicted octanol–water partition coefficient (Wildman–Crippen LogP) is 0.788. The van der Waals surface area contributed by atoms with E-state index >= 15 is 0 Å². The summed E-state index contributed by atoms with van der Waals surface area (Å²) in [4.78, 5) is 15.4. The highest BCUT2D eigenvalue weighted by atomic mass is 16.3. The van der Waals surface area contributed by atoms with Gasteiger partial charge in [0.15, 0.2) is 6.29 Å². The average Bonchev–Trinajstić information content (AvgIpc) is 2.66. The summed E-state index contributed by atoms with van der Waals surface area (Å²) < 4.78 is 0. The number of rotatable bonds is 2. The summed E-state index contributed by atoms with van der Waals surface area (Å²) in [5.74, 6) is 0. The topological polar surface area (TPSA) is 56.3 Å². The zero-order valence-electron chi connectivity index (χ0n) is 7.94. The zero-order valence-corrected chi connectivity index (χ0v) is 7.94. The number of H-pyrrole nitrogens is 1. The van der Waals surface area contributed by atoms with Crippen LogP contribution >= 0.6 is 0 Å². The van der Waals surface area contributed by atoms with Gasteiger partial charge in [-0.1, -0.05) is 0 Å². The lowest BCUT2D eigenvalue weighted by atomic mass is 10.1. The van der Waals surface area contributed by atoms with E-state index in [2.05, 4.69) is 9.88 Å². The van der Waals surface area contributed by atoms with Gasteiger partial charge >= 0.3 is 0 Å². The fourth-order valence-corrected chi connectivity index (χ4v) is 1.84. The summed E-state index contributed by atoms with van der Waals surface area (Å²) >= 11 is 0. The Morgan fingerprint density at radius 2 is 2.50 bits per heavy atom. The van der Waals surface area contributed by atoms with Crippen LogP contribution in [0.25, 0.3) is 0 Å². The van der Waals surface area contributed by atoms with Crippen LogP contribution < -0.4 is 4.90 Å². The maximum absolute atomic E-state index is 10.5. The molecule has 1 aromatic rings. The fraction of sp³-hybridized carbons (Fsp3) is 0.500. The molecule has 1 aliphatic rings. The number of aromatic nitrogens is 1. The van der Waals surface area contributed by atoms with E-state index in [1.165, 1.54) is 0 Å². The minimum absolute atomic E-state index is 0.238. The molecule has 1 aliphatic heterocycles. The number of nitrogens with one attached hydrogen (secondary N) is 1. The van der Waals surface area contributed by atoms with Gasteiger partial charge in [-0.2, -0.15) is 0 Å². The first-order valence-corrected chi connectivity index (χ1v) is 4.86. The summed E-state index contributed by atoms with van der Waals surface area (Å²) in [5, 5.41) is 9.48. The maximum atomic E-state index is 10.5.